The van der Waals surface area contributed by atoms with Gasteiger partial charge in [0.1, 0.15) is 6.07 Å². The Hall–Kier alpha value is -2.50. The minimum Gasteiger partial charge on any atom is -0.354 e. The monoisotopic (exact) mass is 371 g/mol. The van der Waals surface area contributed by atoms with Crippen molar-refractivity contribution in [1.29, 1.82) is 5.26 Å². The van der Waals surface area contributed by atoms with E-state index in [0.29, 0.717) is 18.1 Å². The summed E-state index contributed by atoms with van der Waals surface area (Å²) in [5.74, 6) is 0.884. The fraction of sp³-hybridized carbons (Fsp3) is 0.389. The molecule has 8 heteroatoms. The summed E-state index contributed by atoms with van der Waals surface area (Å²) in [4.78, 5) is 10.3. The lowest BCUT2D eigenvalue weighted by Crippen LogP contribution is -2.39. The number of hydrogen-bond acceptors (Lipinski definition) is 6. The number of sulfonamides is 1. The molecule has 1 N–H and O–H groups in total. The van der Waals surface area contributed by atoms with Crippen LogP contribution < -0.4 is 9.62 Å². The van der Waals surface area contributed by atoms with Gasteiger partial charge in [-0.1, -0.05) is 30.3 Å². The van der Waals surface area contributed by atoms with Gasteiger partial charge in [0.25, 0.3) is 0 Å². The van der Waals surface area contributed by atoms with E-state index in [2.05, 4.69) is 20.8 Å². The molecule has 0 amide bonds. The van der Waals surface area contributed by atoms with Crippen LogP contribution in [0.2, 0.25) is 0 Å². The van der Waals surface area contributed by atoms with Gasteiger partial charge >= 0.3 is 0 Å². The molecule has 1 fully saturated rings. The fourth-order valence-electron chi connectivity index (χ4n) is 3.08. The molecule has 136 valence electrons. The smallest absolute Gasteiger partial charge is 0.215 e. The van der Waals surface area contributed by atoms with Crippen LogP contribution in [-0.4, -0.2) is 38.0 Å². The first-order valence-corrected chi connectivity index (χ1v) is 10.2. The highest BCUT2D eigenvalue weighted by molar-refractivity contribution is 7.88. The Morgan fingerprint density at radius 1 is 1.15 bits per heavy atom. The highest BCUT2D eigenvalue weighted by Crippen LogP contribution is 2.23. The Morgan fingerprint density at radius 2 is 1.85 bits per heavy atom. The molecule has 2 heterocycles. The van der Waals surface area contributed by atoms with E-state index in [1.54, 1.807) is 6.20 Å². The molecule has 1 aliphatic heterocycles. The zero-order valence-electron chi connectivity index (χ0n) is 14.4. The summed E-state index contributed by atoms with van der Waals surface area (Å²) < 4.78 is 27.2. The Balaban J connectivity index is 1.51. The molecule has 26 heavy (non-hydrogen) atoms. The molecule has 1 saturated heterocycles. The largest absolute Gasteiger partial charge is 0.354 e. The summed E-state index contributed by atoms with van der Waals surface area (Å²) in [6.07, 6.45) is 4.78. The summed E-state index contributed by atoms with van der Waals surface area (Å²) in [6, 6.07) is 11.2. The number of piperidine rings is 1. The van der Waals surface area contributed by atoms with Gasteiger partial charge in [-0.2, -0.15) is 5.26 Å². The third-order valence-corrected chi connectivity index (χ3v) is 5.81. The maximum absolute atomic E-state index is 12.2. The Labute approximate surface area is 153 Å². The number of hydrogen-bond donors (Lipinski definition) is 1. The van der Waals surface area contributed by atoms with Crippen LogP contribution in [0.15, 0.2) is 42.7 Å². The highest BCUT2D eigenvalue weighted by Gasteiger charge is 2.23. The van der Waals surface area contributed by atoms with Crippen molar-refractivity contribution in [3.05, 3.63) is 54.0 Å². The van der Waals surface area contributed by atoms with Gasteiger partial charge in [0.15, 0.2) is 11.5 Å². The lowest BCUT2D eigenvalue weighted by atomic mass is 9.97. The van der Waals surface area contributed by atoms with Gasteiger partial charge in [-0.3, -0.25) is 0 Å². The van der Waals surface area contributed by atoms with Gasteiger partial charge in [0.2, 0.25) is 10.0 Å². The quantitative estimate of drug-likeness (QED) is 0.829. The van der Waals surface area contributed by atoms with Gasteiger partial charge in [-0.15, -0.1) is 0 Å². The summed E-state index contributed by atoms with van der Waals surface area (Å²) >= 11 is 0. The van der Waals surface area contributed by atoms with Crippen LogP contribution >= 0.6 is 0 Å². The molecule has 0 radical (unpaired) electrons. The van der Waals surface area contributed by atoms with E-state index in [9.17, 15) is 8.42 Å². The van der Waals surface area contributed by atoms with E-state index >= 15 is 0 Å². The van der Waals surface area contributed by atoms with Gasteiger partial charge in [-0.05, 0) is 24.3 Å². The molecule has 0 unspecified atom stereocenters. The average molecular weight is 371 g/mol. The predicted octanol–water partition coefficient (Wildman–Crippen LogP) is 1.68. The third kappa shape index (κ3) is 4.77. The number of benzene rings is 1. The summed E-state index contributed by atoms with van der Waals surface area (Å²) in [5, 5.41) is 9.14. The first-order valence-electron chi connectivity index (χ1n) is 8.55. The molecule has 0 spiro atoms. The zero-order chi connectivity index (χ0) is 18.4. The second-order valence-electron chi connectivity index (χ2n) is 6.36. The molecule has 0 aliphatic carbocycles. The molecule has 3 rings (SSSR count). The molecule has 2 aromatic rings. The van der Waals surface area contributed by atoms with Gasteiger partial charge in [0.05, 0.1) is 5.75 Å². The summed E-state index contributed by atoms with van der Waals surface area (Å²) in [6.45, 7) is 1.91. The topological polar surface area (TPSA) is 99.0 Å². The van der Waals surface area contributed by atoms with Crippen LogP contribution in [0.4, 0.5) is 5.82 Å². The minimum absolute atomic E-state index is 0.00216. The fourth-order valence-corrected chi connectivity index (χ4v) is 4.30. The zero-order valence-corrected chi connectivity index (χ0v) is 15.2. The highest BCUT2D eigenvalue weighted by atomic mass is 32.2. The van der Waals surface area contributed by atoms with Crippen molar-refractivity contribution < 1.29 is 8.42 Å². The molecule has 1 aliphatic rings. The maximum atomic E-state index is 12.2. The molecule has 1 aromatic carbocycles. The lowest BCUT2D eigenvalue weighted by molar-refractivity contribution is 0.400. The Kier molecular flexibility index (Phi) is 5.81. The first-order chi connectivity index (χ1) is 12.6. The van der Waals surface area contributed by atoms with Crippen LogP contribution in [0.5, 0.6) is 0 Å². The molecule has 0 atom stereocenters. The number of rotatable bonds is 6. The van der Waals surface area contributed by atoms with Crippen molar-refractivity contribution in [3.8, 4) is 6.07 Å². The molecule has 7 nitrogen and oxygen atoms in total. The lowest BCUT2D eigenvalue weighted by Gasteiger charge is -2.32. The van der Waals surface area contributed by atoms with Crippen molar-refractivity contribution in [2.24, 2.45) is 5.92 Å². The number of anilines is 1. The Morgan fingerprint density at radius 3 is 2.54 bits per heavy atom. The first kappa shape index (κ1) is 18.3. The van der Waals surface area contributed by atoms with Crippen LogP contribution in [-0.2, 0) is 15.8 Å². The average Bonchev–Trinajstić information content (AvgIpc) is 2.67. The van der Waals surface area contributed by atoms with Gasteiger partial charge < -0.3 is 4.90 Å². The van der Waals surface area contributed by atoms with Crippen molar-refractivity contribution in [2.75, 3.05) is 24.5 Å². The van der Waals surface area contributed by atoms with E-state index in [1.165, 1.54) is 6.20 Å². The van der Waals surface area contributed by atoms with Crippen LogP contribution in [0, 0.1) is 17.2 Å². The molecular weight excluding hydrogens is 350 g/mol. The van der Waals surface area contributed by atoms with Gasteiger partial charge in [-0.25, -0.2) is 23.1 Å². The van der Waals surface area contributed by atoms with Gasteiger partial charge in [0, 0.05) is 32.0 Å². The third-order valence-electron chi connectivity index (χ3n) is 4.49. The number of nitrogens with one attached hydrogen (secondary N) is 1. The molecule has 1 aromatic heterocycles. The van der Waals surface area contributed by atoms with E-state index < -0.39 is 10.0 Å². The summed E-state index contributed by atoms with van der Waals surface area (Å²) in [5.41, 5.74) is 1.11. The van der Waals surface area contributed by atoms with Crippen LogP contribution in [0.1, 0.15) is 24.1 Å². The predicted molar refractivity (Wildman–Crippen MR) is 98.8 cm³/mol. The van der Waals surface area contributed by atoms with Crippen LogP contribution in [0.25, 0.3) is 0 Å². The minimum atomic E-state index is -3.34. The Bertz CT molecular complexity index is 872. The van der Waals surface area contributed by atoms with E-state index in [4.69, 9.17) is 5.26 Å². The van der Waals surface area contributed by atoms with E-state index in [1.807, 2.05) is 35.2 Å². The molecule has 0 bridgehead atoms. The van der Waals surface area contributed by atoms with E-state index in [0.717, 1.165) is 31.5 Å². The van der Waals surface area contributed by atoms with Crippen molar-refractivity contribution in [1.82, 2.24) is 14.7 Å². The number of nitriles is 1. The standard InChI is InChI=1S/C18H21N5O2S/c19-12-17-18(21-9-8-20-17)23-10-6-15(7-11-23)13-22-26(24,25)14-16-4-2-1-3-5-16/h1-5,8-9,15,22H,6-7,10-11,13-14H2. The number of aromatic nitrogens is 2. The SMILES string of the molecule is N#Cc1nccnc1N1CCC(CNS(=O)(=O)Cc2ccccc2)CC1. The van der Waals surface area contributed by atoms with Crippen molar-refractivity contribution >= 4 is 15.8 Å². The second-order valence-corrected chi connectivity index (χ2v) is 8.17. The van der Waals surface area contributed by atoms with Crippen LogP contribution in [0.3, 0.4) is 0 Å². The van der Waals surface area contributed by atoms with Crippen molar-refractivity contribution in [2.45, 2.75) is 18.6 Å². The summed E-state index contributed by atoms with van der Waals surface area (Å²) in [7, 11) is -3.34. The van der Waals surface area contributed by atoms with E-state index in [-0.39, 0.29) is 11.7 Å². The normalized spacial score (nSPS) is 15.6. The second kappa shape index (κ2) is 8.25. The number of nitrogens with zero attached hydrogens (tertiary/aromatic N) is 4. The molecular formula is C18H21N5O2S. The molecule has 0 saturated carbocycles. The van der Waals surface area contributed by atoms with Crippen molar-refractivity contribution in [3.63, 3.8) is 0 Å². The maximum Gasteiger partial charge on any atom is 0.215 e.